The molecule has 0 unspecified atom stereocenters. The summed E-state index contributed by atoms with van der Waals surface area (Å²) in [5.74, 6) is -0.0663. The Balaban J connectivity index is 0.00000363. The summed E-state index contributed by atoms with van der Waals surface area (Å²) in [5, 5.41) is 21.8. The van der Waals surface area contributed by atoms with E-state index in [1.807, 2.05) is 36.5 Å². The number of carbonyl (C=O) groups excluding carboxylic acids is 1. The average molecular weight is 492 g/mol. The SMILES string of the molecule is O=C(Cn1cc(CN2CCCNCCNCCCNCC2)nn1)NCc1ccccc1.[Cu]. The molecule has 2 heterocycles. The molecule has 0 spiro atoms. The van der Waals surface area contributed by atoms with E-state index in [1.54, 1.807) is 4.68 Å². The first kappa shape index (κ1) is 26.4. The van der Waals surface area contributed by atoms with Gasteiger partial charge in [-0.2, -0.15) is 0 Å². The molecule has 1 radical (unpaired) electrons. The van der Waals surface area contributed by atoms with E-state index in [0.29, 0.717) is 6.54 Å². The summed E-state index contributed by atoms with van der Waals surface area (Å²) >= 11 is 0. The Morgan fingerprint density at radius 2 is 1.66 bits per heavy atom. The molecule has 4 N–H and O–H groups in total. The average Bonchev–Trinajstić information content (AvgIpc) is 3.22. The molecule has 0 saturated carbocycles. The summed E-state index contributed by atoms with van der Waals surface area (Å²) < 4.78 is 1.62. The third kappa shape index (κ3) is 10.7. The van der Waals surface area contributed by atoms with Gasteiger partial charge in [0.15, 0.2) is 0 Å². The maximum Gasteiger partial charge on any atom is 0.242 e. The van der Waals surface area contributed by atoms with E-state index in [4.69, 9.17) is 0 Å². The third-order valence-electron chi connectivity index (χ3n) is 5.23. The molecule has 1 saturated heterocycles. The molecule has 1 aliphatic rings. The maximum atomic E-state index is 12.2. The van der Waals surface area contributed by atoms with Crippen molar-refractivity contribution in [3.8, 4) is 0 Å². The molecule has 1 aliphatic heterocycles. The zero-order valence-corrected chi connectivity index (χ0v) is 19.6. The van der Waals surface area contributed by atoms with E-state index < -0.39 is 0 Å². The fourth-order valence-corrected chi connectivity index (χ4v) is 3.54. The molecule has 0 atom stereocenters. The third-order valence-corrected chi connectivity index (χ3v) is 5.23. The fraction of sp³-hybridized carbons (Fsp3) is 0.591. The van der Waals surface area contributed by atoms with Gasteiger partial charge in [0.05, 0.1) is 11.9 Å². The smallest absolute Gasteiger partial charge is 0.242 e. The van der Waals surface area contributed by atoms with Gasteiger partial charge in [-0.05, 0) is 44.6 Å². The van der Waals surface area contributed by atoms with Crippen LogP contribution in [0, 0.1) is 0 Å². The molecule has 2 aromatic rings. The first-order valence-corrected chi connectivity index (χ1v) is 11.3. The van der Waals surface area contributed by atoms with Gasteiger partial charge in [0.2, 0.25) is 5.91 Å². The summed E-state index contributed by atoms with van der Waals surface area (Å²) in [5.41, 5.74) is 1.98. The van der Waals surface area contributed by atoms with Crippen LogP contribution in [0.5, 0.6) is 0 Å². The van der Waals surface area contributed by atoms with Crippen molar-refractivity contribution >= 4 is 5.91 Å². The van der Waals surface area contributed by atoms with Crippen LogP contribution in [0.15, 0.2) is 36.5 Å². The number of nitrogens with zero attached hydrogens (tertiary/aromatic N) is 4. The molecule has 32 heavy (non-hydrogen) atoms. The van der Waals surface area contributed by atoms with Crippen molar-refractivity contribution in [3.63, 3.8) is 0 Å². The predicted octanol–water partition coefficient (Wildman–Crippen LogP) is -0.0434. The second-order valence-corrected chi connectivity index (χ2v) is 7.90. The molecule has 181 valence electrons. The predicted molar refractivity (Wildman–Crippen MR) is 121 cm³/mol. The van der Waals surface area contributed by atoms with Crippen LogP contribution in [-0.4, -0.2) is 78.2 Å². The number of nitrogens with one attached hydrogen (secondary N) is 4. The second-order valence-electron chi connectivity index (χ2n) is 7.90. The number of hydrogen-bond acceptors (Lipinski definition) is 7. The van der Waals surface area contributed by atoms with Crippen molar-refractivity contribution in [1.82, 2.24) is 41.2 Å². The molecule has 0 bridgehead atoms. The van der Waals surface area contributed by atoms with E-state index in [9.17, 15) is 4.79 Å². The van der Waals surface area contributed by atoms with Gasteiger partial charge in [-0.3, -0.25) is 9.69 Å². The van der Waals surface area contributed by atoms with Gasteiger partial charge in [0.1, 0.15) is 6.54 Å². The van der Waals surface area contributed by atoms with Crippen LogP contribution < -0.4 is 21.3 Å². The molecule has 9 nitrogen and oxygen atoms in total. The Kier molecular flexibility index (Phi) is 13.1. The Hall–Kier alpha value is -1.81. The second kappa shape index (κ2) is 15.9. The summed E-state index contributed by atoms with van der Waals surface area (Å²) in [7, 11) is 0. The van der Waals surface area contributed by atoms with Crippen LogP contribution in [0.3, 0.4) is 0 Å². The van der Waals surface area contributed by atoms with E-state index in [-0.39, 0.29) is 29.5 Å². The van der Waals surface area contributed by atoms with Gasteiger partial charge in [-0.25, -0.2) is 4.68 Å². The fourth-order valence-electron chi connectivity index (χ4n) is 3.54. The van der Waals surface area contributed by atoms with Crippen molar-refractivity contribution in [2.24, 2.45) is 0 Å². The monoisotopic (exact) mass is 491 g/mol. The first-order chi connectivity index (χ1) is 15.3. The molecule has 0 aliphatic carbocycles. The number of aromatic nitrogens is 3. The van der Waals surface area contributed by atoms with E-state index in [2.05, 4.69) is 36.5 Å². The zero-order chi connectivity index (χ0) is 21.6. The number of rotatable bonds is 6. The zero-order valence-electron chi connectivity index (χ0n) is 18.7. The first-order valence-electron chi connectivity index (χ1n) is 11.3. The standard InChI is InChI=1S/C22H36N8O.Cu/c31-22(26-16-20-6-2-1-3-7-20)19-30-18-21(27-28-30)17-29-14-5-10-24-12-11-23-8-4-9-25-13-15-29;/h1-3,6-7,18,23-25H,4-5,8-17,19H2,(H,26,31);. The van der Waals surface area contributed by atoms with Gasteiger partial charge in [-0.1, -0.05) is 35.5 Å². The Morgan fingerprint density at radius 3 is 2.44 bits per heavy atom. The van der Waals surface area contributed by atoms with Crippen LogP contribution in [0.25, 0.3) is 0 Å². The van der Waals surface area contributed by atoms with Gasteiger partial charge < -0.3 is 21.3 Å². The number of hydrogen-bond donors (Lipinski definition) is 4. The van der Waals surface area contributed by atoms with Crippen molar-refractivity contribution < 1.29 is 21.9 Å². The molecule has 1 amide bonds. The Bertz CT molecular complexity index is 743. The van der Waals surface area contributed by atoms with E-state index in [0.717, 1.165) is 83.0 Å². The van der Waals surface area contributed by atoms with Crippen LogP contribution in [-0.2, 0) is 41.5 Å². The Morgan fingerprint density at radius 1 is 0.938 bits per heavy atom. The van der Waals surface area contributed by atoms with Gasteiger partial charge in [0.25, 0.3) is 0 Å². The van der Waals surface area contributed by atoms with Crippen LogP contribution in [0.2, 0.25) is 0 Å². The molecule has 3 rings (SSSR count). The van der Waals surface area contributed by atoms with Gasteiger partial charge >= 0.3 is 0 Å². The largest absolute Gasteiger partial charge is 0.350 e. The van der Waals surface area contributed by atoms with Crippen molar-refractivity contribution in [1.29, 1.82) is 0 Å². The van der Waals surface area contributed by atoms with Gasteiger partial charge in [-0.15, -0.1) is 5.10 Å². The van der Waals surface area contributed by atoms with Crippen LogP contribution >= 0.6 is 0 Å². The summed E-state index contributed by atoms with van der Waals surface area (Å²) in [6, 6.07) is 9.89. The summed E-state index contributed by atoms with van der Waals surface area (Å²) in [6.07, 6.45) is 4.11. The van der Waals surface area contributed by atoms with Crippen LogP contribution in [0.1, 0.15) is 24.1 Å². The maximum absolute atomic E-state index is 12.2. The van der Waals surface area contributed by atoms with E-state index >= 15 is 0 Å². The molecule has 1 aromatic heterocycles. The normalized spacial score (nSPS) is 17.1. The number of carbonyl (C=O) groups is 1. The number of benzene rings is 1. The molecule has 1 aromatic carbocycles. The van der Waals surface area contributed by atoms with Crippen molar-refractivity contribution in [2.45, 2.75) is 32.5 Å². The molecule has 10 heteroatoms. The van der Waals surface area contributed by atoms with Gasteiger partial charge in [0, 0.05) is 56.3 Å². The molecule has 1 fully saturated rings. The Labute approximate surface area is 201 Å². The van der Waals surface area contributed by atoms with E-state index in [1.165, 1.54) is 0 Å². The van der Waals surface area contributed by atoms with Crippen LogP contribution in [0.4, 0.5) is 0 Å². The number of amides is 1. The van der Waals surface area contributed by atoms with Crippen molar-refractivity contribution in [2.75, 3.05) is 52.4 Å². The minimum absolute atomic E-state index is 0. The minimum Gasteiger partial charge on any atom is -0.350 e. The quantitative estimate of drug-likeness (QED) is 0.421. The molecular weight excluding hydrogens is 456 g/mol. The minimum atomic E-state index is -0.0663. The molecular formula is C22H36CuN8O. The summed E-state index contributed by atoms with van der Waals surface area (Å²) in [6.45, 7) is 9.51. The topological polar surface area (TPSA) is 99.1 Å². The van der Waals surface area contributed by atoms with Crippen molar-refractivity contribution in [3.05, 3.63) is 47.8 Å². The summed E-state index contributed by atoms with van der Waals surface area (Å²) in [4.78, 5) is 14.6.